The Kier molecular flexibility index (Phi) is 4.69. The van der Waals surface area contributed by atoms with E-state index in [1.54, 1.807) is 19.1 Å². The molecule has 2 heterocycles. The summed E-state index contributed by atoms with van der Waals surface area (Å²) < 4.78 is 13.5. The highest BCUT2D eigenvalue weighted by Gasteiger charge is 2.24. The van der Waals surface area contributed by atoms with E-state index < -0.39 is 0 Å². The fourth-order valence-corrected chi connectivity index (χ4v) is 3.96. The zero-order chi connectivity index (χ0) is 15.5. The molecule has 2 aromatic rings. The van der Waals surface area contributed by atoms with Crippen molar-refractivity contribution in [1.82, 2.24) is 4.90 Å². The number of likely N-dealkylation sites (tertiary alicyclic amines) is 1. The van der Waals surface area contributed by atoms with E-state index in [1.165, 1.54) is 35.8 Å². The minimum Gasteiger partial charge on any atom is -0.294 e. The summed E-state index contributed by atoms with van der Waals surface area (Å²) in [5.41, 5.74) is 2.24. The van der Waals surface area contributed by atoms with Crippen molar-refractivity contribution < 1.29 is 9.18 Å². The van der Waals surface area contributed by atoms with Crippen LogP contribution in [0.25, 0.3) is 0 Å². The van der Waals surface area contributed by atoms with Crippen LogP contribution in [-0.4, -0.2) is 17.2 Å². The van der Waals surface area contributed by atoms with Crippen LogP contribution in [0.1, 0.15) is 53.0 Å². The minimum atomic E-state index is -0.169. The largest absolute Gasteiger partial charge is 0.294 e. The van der Waals surface area contributed by atoms with Gasteiger partial charge in [-0.25, -0.2) is 4.39 Å². The van der Waals surface area contributed by atoms with Gasteiger partial charge in [0.1, 0.15) is 5.82 Å². The molecule has 1 atom stereocenters. The lowest BCUT2D eigenvalue weighted by Crippen LogP contribution is -2.32. The molecule has 1 unspecified atom stereocenters. The molecular formula is C18H20FNOS. The summed E-state index contributed by atoms with van der Waals surface area (Å²) in [5, 5.41) is 2.06. The third-order valence-corrected chi connectivity index (χ3v) is 5.31. The third kappa shape index (κ3) is 3.45. The molecule has 0 spiro atoms. The number of carbonyl (C=O) groups is 1. The lowest BCUT2D eigenvalue weighted by Gasteiger charge is -2.36. The number of hydrogen-bond acceptors (Lipinski definition) is 3. The Hall–Kier alpha value is -1.52. The second-order valence-corrected chi connectivity index (χ2v) is 6.82. The van der Waals surface area contributed by atoms with Crippen LogP contribution in [0.2, 0.25) is 0 Å². The lowest BCUT2D eigenvalue weighted by molar-refractivity contribution is 0.102. The molecule has 116 valence electrons. The van der Waals surface area contributed by atoms with Gasteiger partial charge in [0.05, 0.1) is 4.88 Å². The highest BCUT2D eigenvalue weighted by atomic mass is 32.1. The van der Waals surface area contributed by atoms with Gasteiger partial charge in [-0.2, -0.15) is 0 Å². The SMILES string of the molecule is CC(=O)c1cc(CN2CCCCC2c2cccc(F)c2)cs1. The van der Waals surface area contributed by atoms with Gasteiger partial charge >= 0.3 is 0 Å². The van der Waals surface area contributed by atoms with E-state index in [0.29, 0.717) is 0 Å². The summed E-state index contributed by atoms with van der Waals surface area (Å²) in [6.45, 7) is 3.45. The van der Waals surface area contributed by atoms with E-state index in [4.69, 9.17) is 0 Å². The Labute approximate surface area is 134 Å². The molecule has 1 aliphatic rings. The molecule has 0 radical (unpaired) electrons. The Balaban J connectivity index is 1.78. The van der Waals surface area contributed by atoms with Crippen molar-refractivity contribution in [1.29, 1.82) is 0 Å². The molecule has 0 saturated carbocycles. The second kappa shape index (κ2) is 6.71. The van der Waals surface area contributed by atoms with Gasteiger partial charge in [-0.3, -0.25) is 9.69 Å². The van der Waals surface area contributed by atoms with Crippen molar-refractivity contribution in [3.63, 3.8) is 0 Å². The number of piperidine rings is 1. The summed E-state index contributed by atoms with van der Waals surface area (Å²) in [6.07, 6.45) is 3.42. The van der Waals surface area contributed by atoms with Crippen molar-refractivity contribution in [3.8, 4) is 0 Å². The zero-order valence-electron chi connectivity index (χ0n) is 12.7. The number of carbonyl (C=O) groups excluding carboxylic acids is 1. The summed E-state index contributed by atoms with van der Waals surface area (Å²) in [4.78, 5) is 14.7. The quantitative estimate of drug-likeness (QED) is 0.754. The van der Waals surface area contributed by atoms with Crippen LogP contribution in [-0.2, 0) is 6.54 Å². The van der Waals surface area contributed by atoms with Gasteiger partial charge in [0.2, 0.25) is 0 Å². The van der Waals surface area contributed by atoms with E-state index in [1.807, 2.05) is 12.1 Å². The summed E-state index contributed by atoms with van der Waals surface area (Å²) in [5.74, 6) is -0.0472. The summed E-state index contributed by atoms with van der Waals surface area (Å²) in [7, 11) is 0. The molecule has 22 heavy (non-hydrogen) atoms. The molecule has 0 aliphatic carbocycles. The van der Waals surface area contributed by atoms with E-state index in [2.05, 4.69) is 10.3 Å². The molecule has 4 heteroatoms. The number of Topliss-reactive ketones (excluding diaryl/α,β-unsaturated/α-hetero) is 1. The monoisotopic (exact) mass is 317 g/mol. The molecule has 3 rings (SSSR count). The lowest BCUT2D eigenvalue weighted by atomic mass is 9.95. The van der Waals surface area contributed by atoms with E-state index in [-0.39, 0.29) is 17.6 Å². The number of ketones is 1. The first-order valence-electron chi connectivity index (χ1n) is 7.71. The Bertz CT molecular complexity index is 667. The smallest absolute Gasteiger partial charge is 0.169 e. The van der Waals surface area contributed by atoms with Gasteiger partial charge in [-0.05, 0) is 61.0 Å². The number of thiophene rings is 1. The number of nitrogens with zero attached hydrogens (tertiary/aromatic N) is 1. The molecule has 1 fully saturated rings. The number of hydrogen-bond donors (Lipinski definition) is 0. The first kappa shape index (κ1) is 15.4. The van der Waals surface area contributed by atoms with Crippen LogP contribution < -0.4 is 0 Å². The normalized spacial score (nSPS) is 19.3. The van der Waals surface area contributed by atoms with Crippen LogP contribution in [0.15, 0.2) is 35.7 Å². The molecule has 0 bridgehead atoms. The maximum atomic E-state index is 13.5. The average Bonchev–Trinajstić information content (AvgIpc) is 2.97. The predicted octanol–water partition coefficient (Wildman–Crippen LogP) is 4.82. The van der Waals surface area contributed by atoms with Crippen LogP contribution in [0.5, 0.6) is 0 Å². The van der Waals surface area contributed by atoms with Gasteiger partial charge in [-0.1, -0.05) is 18.6 Å². The molecule has 1 aromatic heterocycles. The summed E-state index contributed by atoms with van der Waals surface area (Å²) in [6, 6.07) is 9.21. The maximum absolute atomic E-state index is 13.5. The molecule has 0 amide bonds. The van der Waals surface area contributed by atoms with Gasteiger partial charge in [0.25, 0.3) is 0 Å². The van der Waals surface area contributed by atoms with Gasteiger partial charge in [0, 0.05) is 12.6 Å². The van der Waals surface area contributed by atoms with Gasteiger partial charge in [-0.15, -0.1) is 11.3 Å². The molecule has 0 N–H and O–H groups in total. The fraction of sp³-hybridized carbons (Fsp3) is 0.389. The predicted molar refractivity (Wildman–Crippen MR) is 87.7 cm³/mol. The van der Waals surface area contributed by atoms with Crippen LogP contribution in [0.3, 0.4) is 0 Å². The first-order chi connectivity index (χ1) is 10.6. The third-order valence-electron chi connectivity index (χ3n) is 4.23. The Morgan fingerprint density at radius 1 is 1.36 bits per heavy atom. The van der Waals surface area contributed by atoms with E-state index in [0.717, 1.165) is 30.0 Å². The topological polar surface area (TPSA) is 20.3 Å². The fourth-order valence-electron chi connectivity index (χ4n) is 3.15. The van der Waals surface area contributed by atoms with E-state index >= 15 is 0 Å². The highest BCUT2D eigenvalue weighted by molar-refractivity contribution is 7.12. The summed E-state index contributed by atoms with van der Waals surface area (Å²) >= 11 is 1.51. The van der Waals surface area contributed by atoms with Crippen molar-refractivity contribution in [2.45, 2.75) is 38.8 Å². The number of rotatable bonds is 4. The zero-order valence-corrected chi connectivity index (χ0v) is 13.5. The second-order valence-electron chi connectivity index (χ2n) is 5.91. The molecule has 1 aromatic carbocycles. The van der Waals surface area contributed by atoms with Crippen molar-refractivity contribution in [2.75, 3.05) is 6.54 Å². The van der Waals surface area contributed by atoms with Crippen LogP contribution in [0, 0.1) is 5.82 Å². The molecule has 1 saturated heterocycles. The Morgan fingerprint density at radius 2 is 2.23 bits per heavy atom. The van der Waals surface area contributed by atoms with Crippen molar-refractivity contribution >= 4 is 17.1 Å². The standard InChI is InChI=1S/C18H20FNOS/c1-13(21)18-9-14(12-22-18)11-20-8-3-2-7-17(20)15-5-4-6-16(19)10-15/h4-6,9-10,12,17H,2-3,7-8,11H2,1H3. The van der Waals surface area contributed by atoms with Gasteiger partial charge < -0.3 is 0 Å². The Morgan fingerprint density at radius 3 is 2.95 bits per heavy atom. The number of halogens is 1. The molecule has 2 nitrogen and oxygen atoms in total. The van der Waals surface area contributed by atoms with Crippen molar-refractivity contribution in [2.24, 2.45) is 0 Å². The van der Waals surface area contributed by atoms with E-state index in [9.17, 15) is 9.18 Å². The average molecular weight is 317 g/mol. The van der Waals surface area contributed by atoms with Gasteiger partial charge in [0.15, 0.2) is 5.78 Å². The number of benzene rings is 1. The molecule has 1 aliphatic heterocycles. The maximum Gasteiger partial charge on any atom is 0.169 e. The first-order valence-corrected chi connectivity index (χ1v) is 8.59. The van der Waals surface area contributed by atoms with Crippen molar-refractivity contribution in [3.05, 3.63) is 57.5 Å². The van der Waals surface area contributed by atoms with Crippen LogP contribution >= 0.6 is 11.3 Å². The minimum absolute atomic E-state index is 0.122. The molecular weight excluding hydrogens is 297 g/mol. The van der Waals surface area contributed by atoms with Crippen LogP contribution in [0.4, 0.5) is 4.39 Å². The highest BCUT2D eigenvalue weighted by Crippen LogP contribution is 2.33.